The van der Waals surface area contributed by atoms with Crippen molar-refractivity contribution in [2.75, 3.05) is 18.4 Å². The molecular formula is C23H28N4O. The predicted molar refractivity (Wildman–Crippen MR) is 113 cm³/mol. The molecule has 5 nitrogen and oxygen atoms in total. The molecule has 28 heavy (non-hydrogen) atoms. The largest absolute Gasteiger partial charge is 0.326 e. The fraction of sp³-hybridized carbons (Fsp3) is 0.391. The molecule has 1 aliphatic heterocycles. The molecule has 5 heteroatoms. The summed E-state index contributed by atoms with van der Waals surface area (Å²) in [6, 6.07) is 18.4. The SMILES string of the molecule is CC(C)n1c(CN2CCC[C@@H](C(=O)Nc3ccccc3)C2)nc2ccccc21. The van der Waals surface area contributed by atoms with Crippen LogP contribution in [-0.4, -0.2) is 33.4 Å². The molecular weight excluding hydrogens is 348 g/mol. The summed E-state index contributed by atoms with van der Waals surface area (Å²) in [5.74, 6) is 1.22. The standard InChI is InChI=1S/C23H28N4O/c1-17(2)27-21-13-7-6-12-20(21)25-22(27)16-26-14-8-9-18(15-26)23(28)24-19-10-4-3-5-11-19/h3-7,10-13,17-18H,8-9,14-16H2,1-2H3,(H,24,28)/t18-/m1/s1. The number of carbonyl (C=O) groups excluding carboxylic acids is 1. The van der Waals surface area contributed by atoms with Gasteiger partial charge >= 0.3 is 0 Å². The summed E-state index contributed by atoms with van der Waals surface area (Å²) >= 11 is 0. The van der Waals surface area contributed by atoms with Gasteiger partial charge in [-0.15, -0.1) is 0 Å². The quantitative estimate of drug-likeness (QED) is 0.715. The van der Waals surface area contributed by atoms with Gasteiger partial charge in [0.25, 0.3) is 0 Å². The Bertz CT molecular complexity index is 948. The third kappa shape index (κ3) is 3.94. The van der Waals surface area contributed by atoms with E-state index in [0.29, 0.717) is 6.04 Å². The molecule has 1 N–H and O–H groups in total. The number of rotatable bonds is 5. The number of hydrogen-bond acceptors (Lipinski definition) is 3. The van der Waals surface area contributed by atoms with Crippen molar-refractivity contribution < 1.29 is 4.79 Å². The van der Waals surface area contributed by atoms with Gasteiger partial charge in [-0.25, -0.2) is 4.98 Å². The van der Waals surface area contributed by atoms with Crippen LogP contribution < -0.4 is 5.32 Å². The van der Waals surface area contributed by atoms with Crippen LogP contribution in [0.3, 0.4) is 0 Å². The van der Waals surface area contributed by atoms with Crippen molar-refractivity contribution in [1.82, 2.24) is 14.5 Å². The van der Waals surface area contributed by atoms with E-state index < -0.39 is 0 Å². The Morgan fingerprint density at radius 2 is 1.89 bits per heavy atom. The van der Waals surface area contributed by atoms with E-state index in [1.807, 2.05) is 36.4 Å². The third-order valence-corrected chi connectivity index (χ3v) is 5.47. The van der Waals surface area contributed by atoms with Crippen molar-refractivity contribution in [3.63, 3.8) is 0 Å². The zero-order valence-electron chi connectivity index (χ0n) is 16.6. The van der Waals surface area contributed by atoms with Gasteiger partial charge in [0.2, 0.25) is 5.91 Å². The summed E-state index contributed by atoms with van der Waals surface area (Å²) in [4.78, 5) is 20.0. The number of nitrogens with zero attached hydrogens (tertiary/aromatic N) is 3. The van der Waals surface area contributed by atoms with Gasteiger partial charge in [0, 0.05) is 18.3 Å². The third-order valence-electron chi connectivity index (χ3n) is 5.47. The summed E-state index contributed by atoms with van der Waals surface area (Å²) < 4.78 is 2.32. The monoisotopic (exact) mass is 376 g/mol. The van der Waals surface area contributed by atoms with Gasteiger partial charge in [-0.2, -0.15) is 0 Å². The van der Waals surface area contributed by atoms with Crippen LogP contribution in [-0.2, 0) is 11.3 Å². The number of hydrogen-bond donors (Lipinski definition) is 1. The van der Waals surface area contributed by atoms with Crippen LogP contribution in [0.15, 0.2) is 54.6 Å². The Hall–Kier alpha value is -2.66. The molecule has 3 aromatic rings. The van der Waals surface area contributed by atoms with Gasteiger partial charge in [-0.05, 0) is 57.5 Å². The van der Waals surface area contributed by atoms with Crippen molar-refractivity contribution >= 4 is 22.6 Å². The minimum absolute atomic E-state index is 0.0193. The van der Waals surface area contributed by atoms with E-state index in [1.54, 1.807) is 0 Å². The second-order valence-electron chi connectivity index (χ2n) is 7.91. The first kappa shape index (κ1) is 18.7. The van der Waals surface area contributed by atoms with Crippen LogP contribution in [0.5, 0.6) is 0 Å². The highest BCUT2D eigenvalue weighted by molar-refractivity contribution is 5.92. The maximum atomic E-state index is 12.7. The number of likely N-dealkylation sites (tertiary alicyclic amines) is 1. The van der Waals surface area contributed by atoms with Gasteiger partial charge in [0.05, 0.1) is 23.5 Å². The smallest absolute Gasteiger partial charge is 0.228 e. The van der Waals surface area contributed by atoms with Crippen LogP contribution in [0, 0.1) is 5.92 Å². The molecule has 1 aliphatic rings. The van der Waals surface area contributed by atoms with Crippen molar-refractivity contribution in [2.45, 2.75) is 39.3 Å². The number of piperidine rings is 1. The fourth-order valence-corrected chi connectivity index (χ4v) is 4.16. The van der Waals surface area contributed by atoms with Crippen molar-refractivity contribution in [1.29, 1.82) is 0 Å². The highest BCUT2D eigenvalue weighted by atomic mass is 16.1. The molecule has 1 aromatic heterocycles. The van der Waals surface area contributed by atoms with Gasteiger partial charge in [-0.3, -0.25) is 9.69 Å². The van der Waals surface area contributed by atoms with Crippen LogP contribution >= 0.6 is 0 Å². The number of carbonyl (C=O) groups is 1. The molecule has 0 bridgehead atoms. The molecule has 0 radical (unpaired) electrons. The van der Waals surface area contributed by atoms with E-state index >= 15 is 0 Å². The first-order valence-electron chi connectivity index (χ1n) is 10.2. The minimum atomic E-state index is 0.0193. The molecule has 1 saturated heterocycles. The molecule has 4 rings (SSSR count). The maximum Gasteiger partial charge on any atom is 0.228 e. The first-order valence-corrected chi connectivity index (χ1v) is 10.2. The Labute approximate surface area is 166 Å². The summed E-state index contributed by atoms with van der Waals surface area (Å²) in [7, 11) is 0. The highest BCUT2D eigenvalue weighted by Crippen LogP contribution is 2.24. The first-order chi connectivity index (χ1) is 13.6. The number of nitrogens with one attached hydrogen (secondary N) is 1. The molecule has 1 atom stereocenters. The molecule has 1 amide bonds. The molecule has 0 saturated carbocycles. The van der Waals surface area contributed by atoms with Gasteiger partial charge < -0.3 is 9.88 Å². The van der Waals surface area contributed by atoms with E-state index in [2.05, 4.69) is 46.8 Å². The second-order valence-corrected chi connectivity index (χ2v) is 7.91. The molecule has 0 unspecified atom stereocenters. The zero-order chi connectivity index (χ0) is 19.5. The number of anilines is 1. The summed E-state index contributed by atoms with van der Waals surface area (Å²) in [5.41, 5.74) is 3.09. The van der Waals surface area contributed by atoms with Gasteiger partial charge in [-0.1, -0.05) is 30.3 Å². The van der Waals surface area contributed by atoms with Crippen molar-refractivity contribution in [2.24, 2.45) is 5.92 Å². The lowest BCUT2D eigenvalue weighted by Gasteiger charge is -2.32. The van der Waals surface area contributed by atoms with E-state index in [9.17, 15) is 4.79 Å². The lowest BCUT2D eigenvalue weighted by molar-refractivity contribution is -0.121. The Morgan fingerprint density at radius 3 is 2.68 bits per heavy atom. The lowest BCUT2D eigenvalue weighted by Crippen LogP contribution is -2.40. The highest BCUT2D eigenvalue weighted by Gasteiger charge is 2.27. The normalized spacial score (nSPS) is 17.9. The molecule has 0 spiro atoms. The second kappa shape index (κ2) is 8.15. The Morgan fingerprint density at radius 1 is 1.14 bits per heavy atom. The molecule has 2 heterocycles. The average Bonchev–Trinajstić information content (AvgIpc) is 3.07. The molecule has 0 aliphatic carbocycles. The number of imidazole rings is 1. The maximum absolute atomic E-state index is 12.7. The average molecular weight is 377 g/mol. The van der Waals surface area contributed by atoms with E-state index in [-0.39, 0.29) is 11.8 Å². The van der Waals surface area contributed by atoms with Crippen LogP contribution in [0.2, 0.25) is 0 Å². The zero-order valence-corrected chi connectivity index (χ0v) is 16.6. The summed E-state index contributed by atoms with van der Waals surface area (Å²) in [6.45, 7) is 6.96. The van der Waals surface area contributed by atoms with Crippen molar-refractivity contribution in [3.05, 3.63) is 60.4 Å². The van der Waals surface area contributed by atoms with E-state index in [4.69, 9.17) is 4.98 Å². The molecule has 146 valence electrons. The fourth-order valence-electron chi connectivity index (χ4n) is 4.16. The summed E-state index contributed by atoms with van der Waals surface area (Å²) in [6.07, 6.45) is 1.98. The number of benzene rings is 2. The topological polar surface area (TPSA) is 50.2 Å². The minimum Gasteiger partial charge on any atom is -0.326 e. The van der Waals surface area contributed by atoms with Crippen molar-refractivity contribution in [3.8, 4) is 0 Å². The number of amides is 1. The Balaban J connectivity index is 1.48. The predicted octanol–water partition coefficient (Wildman–Crippen LogP) is 4.47. The van der Waals surface area contributed by atoms with Gasteiger partial charge in [0.1, 0.15) is 5.82 Å². The van der Waals surface area contributed by atoms with E-state index in [1.165, 1.54) is 5.52 Å². The van der Waals surface area contributed by atoms with Crippen LogP contribution in [0.4, 0.5) is 5.69 Å². The molecule has 2 aromatic carbocycles. The Kier molecular flexibility index (Phi) is 5.44. The number of aromatic nitrogens is 2. The number of para-hydroxylation sites is 3. The summed E-state index contributed by atoms with van der Waals surface area (Å²) in [5, 5.41) is 3.06. The van der Waals surface area contributed by atoms with Gasteiger partial charge in [0.15, 0.2) is 0 Å². The van der Waals surface area contributed by atoms with Crippen LogP contribution in [0.25, 0.3) is 11.0 Å². The number of fused-ring (bicyclic) bond motifs is 1. The lowest BCUT2D eigenvalue weighted by atomic mass is 9.97. The molecule has 1 fully saturated rings. The van der Waals surface area contributed by atoms with Crippen LogP contribution in [0.1, 0.15) is 38.6 Å². The van der Waals surface area contributed by atoms with E-state index in [0.717, 1.165) is 49.5 Å².